The van der Waals surface area contributed by atoms with E-state index in [1.807, 2.05) is 6.92 Å². The Morgan fingerprint density at radius 1 is 1.30 bits per heavy atom. The molecule has 0 unspecified atom stereocenters. The molecule has 8 heteroatoms. The highest BCUT2D eigenvalue weighted by atomic mass is 35.5. The molecule has 0 atom stereocenters. The van der Waals surface area contributed by atoms with Crippen LogP contribution in [0.4, 0.5) is 5.69 Å². The minimum Gasteiger partial charge on any atom is -0.495 e. The maximum atomic E-state index is 12.9. The summed E-state index contributed by atoms with van der Waals surface area (Å²) in [6.45, 7) is 1.81. The van der Waals surface area contributed by atoms with E-state index in [1.54, 1.807) is 12.3 Å². The number of hydrogen-bond acceptors (Lipinski definition) is 5. The molecule has 0 spiro atoms. The van der Waals surface area contributed by atoms with Crippen molar-refractivity contribution in [1.29, 1.82) is 0 Å². The van der Waals surface area contributed by atoms with E-state index in [0.29, 0.717) is 16.4 Å². The Morgan fingerprint density at radius 3 is 2.70 bits per heavy atom. The molecule has 0 saturated carbocycles. The molecule has 3 aromatic rings. The molecule has 3 rings (SSSR count). The zero-order chi connectivity index (χ0) is 16.8. The Kier molecular flexibility index (Phi) is 3.69. The molecule has 0 aliphatic carbocycles. The number of nitrogens with zero attached hydrogens (tertiary/aromatic N) is 2. The number of rotatable bonds is 3. The van der Waals surface area contributed by atoms with Gasteiger partial charge in [-0.25, -0.2) is 17.4 Å². The Morgan fingerprint density at radius 2 is 2.04 bits per heavy atom. The molecule has 0 radical (unpaired) electrons. The normalized spacial score (nSPS) is 11.8. The van der Waals surface area contributed by atoms with Crippen LogP contribution in [0.2, 0.25) is 5.15 Å². The zero-order valence-corrected chi connectivity index (χ0v) is 14.0. The summed E-state index contributed by atoms with van der Waals surface area (Å²) in [5, 5.41) is 1.04. The van der Waals surface area contributed by atoms with Gasteiger partial charge in [0.25, 0.3) is 10.0 Å². The van der Waals surface area contributed by atoms with Crippen LogP contribution in [0, 0.1) is 6.92 Å². The number of aromatic nitrogens is 2. The lowest BCUT2D eigenvalue weighted by Gasteiger charge is -2.10. The summed E-state index contributed by atoms with van der Waals surface area (Å²) < 4.78 is 32.0. The van der Waals surface area contributed by atoms with E-state index in [0.717, 1.165) is 10.9 Å². The van der Waals surface area contributed by atoms with Gasteiger partial charge in [0.2, 0.25) is 0 Å². The first-order valence-corrected chi connectivity index (χ1v) is 8.48. The standard InChI is InChI=1S/C15H14ClN3O3S/c1-9-8-19(13-7-18-15(16)6-11(9)13)23(20,21)10-3-4-14(22-2)12(17)5-10/h3-8H,17H2,1-2H3. The van der Waals surface area contributed by atoms with Gasteiger partial charge in [0.05, 0.1) is 29.4 Å². The summed E-state index contributed by atoms with van der Waals surface area (Å²) in [7, 11) is -2.34. The second-order valence-corrected chi connectivity index (χ2v) is 7.24. The van der Waals surface area contributed by atoms with E-state index in [9.17, 15) is 8.42 Å². The van der Waals surface area contributed by atoms with Gasteiger partial charge >= 0.3 is 0 Å². The average Bonchev–Trinajstić information content (AvgIpc) is 2.84. The molecular weight excluding hydrogens is 338 g/mol. The number of fused-ring (bicyclic) bond motifs is 1. The lowest BCUT2D eigenvalue weighted by Crippen LogP contribution is -2.12. The molecule has 23 heavy (non-hydrogen) atoms. The zero-order valence-electron chi connectivity index (χ0n) is 12.4. The van der Waals surface area contributed by atoms with Crippen molar-refractivity contribution in [2.24, 2.45) is 0 Å². The SMILES string of the molecule is COc1ccc(S(=O)(=O)n2cc(C)c3cc(Cl)ncc32)cc1N. The van der Waals surface area contributed by atoms with Crippen molar-refractivity contribution in [2.75, 3.05) is 12.8 Å². The molecule has 6 nitrogen and oxygen atoms in total. The highest BCUT2D eigenvalue weighted by molar-refractivity contribution is 7.90. The van der Waals surface area contributed by atoms with Crippen LogP contribution in [0.5, 0.6) is 5.75 Å². The smallest absolute Gasteiger partial charge is 0.268 e. The van der Waals surface area contributed by atoms with Gasteiger partial charge in [-0.15, -0.1) is 0 Å². The molecule has 0 saturated heterocycles. The van der Waals surface area contributed by atoms with Gasteiger partial charge in [0, 0.05) is 11.6 Å². The van der Waals surface area contributed by atoms with Crippen molar-refractivity contribution in [3.05, 3.63) is 47.4 Å². The third kappa shape index (κ3) is 2.51. The number of methoxy groups -OCH3 is 1. The molecule has 2 N–H and O–H groups in total. The van der Waals surface area contributed by atoms with Crippen molar-refractivity contribution < 1.29 is 13.2 Å². The largest absolute Gasteiger partial charge is 0.495 e. The fourth-order valence-electron chi connectivity index (χ4n) is 2.41. The number of nitrogens with two attached hydrogens (primary N) is 1. The minimum atomic E-state index is -3.81. The van der Waals surface area contributed by atoms with Gasteiger partial charge in [0.1, 0.15) is 10.9 Å². The van der Waals surface area contributed by atoms with E-state index in [4.69, 9.17) is 22.1 Å². The predicted octanol–water partition coefficient (Wildman–Crippen LogP) is 2.83. The Bertz CT molecular complexity index is 1010. The molecule has 1 aromatic carbocycles. The molecular formula is C15H14ClN3O3S. The van der Waals surface area contributed by atoms with Gasteiger partial charge in [-0.3, -0.25) is 0 Å². The first-order chi connectivity index (χ1) is 10.8. The van der Waals surface area contributed by atoms with Crippen LogP contribution in [0.3, 0.4) is 0 Å². The molecule has 0 amide bonds. The van der Waals surface area contributed by atoms with Crippen LogP contribution < -0.4 is 10.5 Å². The summed E-state index contributed by atoms with van der Waals surface area (Å²) in [4.78, 5) is 4.04. The number of ether oxygens (including phenoxy) is 1. The lowest BCUT2D eigenvalue weighted by molar-refractivity contribution is 0.416. The number of halogens is 1. The third-order valence-electron chi connectivity index (χ3n) is 3.58. The van der Waals surface area contributed by atoms with Crippen molar-refractivity contribution >= 4 is 38.2 Å². The maximum Gasteiger partial charge on any atom is 0.268 e. The van der Waals surface area contributed by atoms with E-state index in [1.165, 1.54) is 35.5 Å². The van der Waals surface area contributed by atoms with Crippen molar-refractivity contribution in [3.8, 4) is 5.75 Å². The fourth-order valence-corrected chi connectivity index (χ4v) is 4.02. The number of pyridine rings is 1. The van der Waals surface area contributed by atoms with E-state index < -0.39 is 10.0 Å². The quantitative estimate of drug-likeness (QED) is 0.579. The number of anilines is 1. The van der Waals surface area contributed by atoms with Crippen LogP contribution in [-0.2, 0) is 10.0 Å². The highest BCUT2D eigenvalue weighted by Crippen LogP contribution is 2.29. The summed E-state index contributed by atoms with van der Waals surface area (Å²) in [5.41, 5.74) is 7.31. The Hall–Kier alpha value is -2.25. The molecule has 0 aliphatic heterocycles. The summed E-state index contributed by atoms with van der Waals surface area (Å²) in [5.74, 6) is 0.422. The van der Waals surface area contributed by atoms with Crippen molar-refractivity contribution in [3.63, 3.8) is 0 Å². The average molecular weight is 352 g/mol. The van der Waals surface area contributed by atoms with Gasteiger partial charge in [-0.1, -0.05) is 11.6 Å². The topological polar surface area (TPSA) is 87.2 Å². The Labute approximate surface area is 138 Å². The van der Waals surface area contributed by atoms with Crippen LogP contribution in [0.1, 0.15) is 5.56 Å². The maximum absolute atomic E-state index is 12.9. The van der Waals surface area contributed by atoms with Crippen molar-refractivity contribution in [2.45, 2.75) is 11.8 Å². The third-order valence-corrected chi connectivity index (χ3v) is 5.46. The number of hydrogen-bond donors (Lipinski definition) is 1. The summed E-state index contributed by atoms with van der Waals surface area (Å²) >= 11 is 5.89. The summed E-state index contributed by atoms with van der Waals surface area (Å²) in [6.07, 6.45) is 2.98. The Balaban J connectivity index is 2.23. The van der Waals surface area contributed by atoms with E-state index in [2.05, 4.69) is 4.98 Å². The van der Waals surface area contributed by atoms with Crippen LogP contribution in [0.15, 0.2) is 41.6 Å². The van der Waals surface area contributed by atoms with Crippen molar-refractivity contribution in [1.82, 2.24) is 8.96 Å². The minimum absolute atomic E-state index is 0.0719. The molecule has 120 valence electrons. The number of aryl methyl sites for hydroxylation is 1. The fraction of sp³-hybridized carbons (Fsp3) is 0.133. The van der Waals surface area contributed by atoms with Crippen LogP contribution >= 0.6 is 11.6 Å². The van der Waals surface area contributed by atoms with E-state index in [-0.39, 0.29) is 10.6 Å². The molecule has 0 bridgehead atoms. The first-order valence-electron chi connectivity index (χ1n) is 6.67. The molecule has 0 aliphatic rings. The highest BCUT2D eigenvalue weighted by Gasteiger charge is 2.21. The predicted molar refractivity (Wildman–Crippen MR) is 89.5 cm³/mol. The second kappa shape index (κ2) is 5.43. The van der Waals surface area contributed by atoms with Gasteiger partial charge in [-0.2, -0.15) is 0 Å². The first kappa shape index (κ1) is 15.6. The number of nitrogen functional groups attached to an aromatic ring is 1. The molecule has 0 fully saturated rings. The monoisotopic (exact) mass is 351 g/mol. The number of benzene rings is 1. The lowest BCUT2D eigenvalue weighted by atomic mass is 10.2. The van der Waals surface area contributed by atoms with E-state index >= 15 is 0 Å². The van der Waals surface area contributed by atoms with Crippen LogP contribution in [0.25, 0.3) is 10.9 Å². The van der Waals surface area contributed by atoms with Crippen LogP contribution in [-0.4, -0.2) is 24.5 Å². The van der Waals surface area contributed by atoms with Gasteiger partial charge in [-0.05, 0) is 36.8 Å². The molecule has 2 heterocycles. The van der Waals surface area contributed by atoms with Gasteiger partial charge < -0.3 is 10.5 Å². The molecule has 2 aromatic heterocycles. The second-order valence-electron chi connectivity index (χ2n) is 5.04. The van der Waals surface area contributed by atoms with Gasteiger partial charge in [0.15, 0.2) is 0 Å². The summed E-state index contributed by atoms with van der Waals surface area (Å²) in [6, 6.07) is 5.99.